The van der Waals surface area contributed by atoms with Crippen LogP contribution in [0.3, 0.4) is 0 Å². The number of amides is 3. The number of unbranched alkanes of at least 4 members (excludes halogenated alkanes) is 2. The molecule has 3 amide bonds. The number of para-hydroxylation sites is 1. The lowest BCUT2D eigenvalue weighted by Crippen LogP contribution is -2.52. The van der Waals surface area contributed by atoms with E-state index in [9.17, 15) is 14.4 Å². The number of benzene rings is 2. The summed E-state index contributed by atoms with van der Waals surface area (Å²) in [5.74, 6) is 0.222. The summed E-state index contributed by atoms with van der Waals surface area (Å²) < 4.78 is 5.48. The number of aromatic nitrogens is 1. The van der Waals surface area contributed by atoms with Gasteiger partial charge in [0.2, 0.25) is 11.8 Å². The number of carbonyl (C=O) groups excluding carboxylic acids is 3. The monoisotopic (exact) mass is 515 g/mol. The molecule has 0 radical (unpaired) electrons. The highest BCUT2D eigenvalue weighted by Crippen LogP contribution is 2.31. The van der Waals surface area contributed by atoms with Crippen LogP contribution in [0.4, 0.5) is 5.82 Å². The lowest BCUT2D eigenvalue weighted by molar-refractivity contribution is -0.136. The molecule has 2 saturated heterocycles. The van der Waals surface area contributed by atoms with E-state index in [1.54, 1.807) is 4.90 Å². The summed E-state index contributed by atoms with van der Waals surface area (Å²) in [6.07, 6.45) is 4.92. The van der Waals surface area contributed by atoms with Crippen LogP contribution in [0.1, 0.15) is 53.6 Å². The molecule has 0 saturated carbocycles. The zero-order valence-electron chi connectivity index (χ0n) is 21.5. The predicted molar refractivity (Wildman–Crippen MR) is 143 cm³/mol. The Kier molecular flexibility index (Phi) is 6.84. The number of aryl methyl sites for hydroxylation is 1. The predicted octanol–water partition coefficient (Wildman–Crippen LogP) is 3.12. The summed E-state index contributed by atoms with van der Waals surface area (Å²) in [6, 6.07) is 13.4. The molecule has 1 N–H and O–H groups in total. The van der Waals surface area contributed by atoms with Crippen molar-refractivity contribution in [1.82, 2.24) is 20.3 Å². The number of hydrogen-bond acceptors (Lipinski definition) is 7. The molecule has 0 spiro atoms. The molecule has 3 aliphatic heterocycles. The Bertz CT molecular complexity index is 1360. The van der Waals surface area contributed by atoms with Gasteiger partial charge < -0.3 is 14.3 Å². The summed E-state index contributed by atoms with van der Waals surface area (Å²) in [5, 5.41) is 7.75. The van der Waals surface area contributed by atoms with E-state index >= 15 is 0 Å². The van der Waals surface area contributed by atoms with Crippen molar-refractivity contribution in [1.29, 1.82) is 0 Å². The lowest BCUT2D eigenvalue weighted by atomic mass is 9.98. The van der Waals surface area contributed by atoms with Crippen LogP contribution in [0.15, 0.2) is 47.0 Å². The summed E-state index contributed by atoms with van der Waals surface area (Å²) in [4.78, 5) is 43.4. The molecule has 2 aromatic carbocycles. The number of fused-ring (bicyclic) bond motifs is 2. The van der Waals surface area contributed by atoms with Crippen LogP contribution in [0.2, 0.25) is 0 Å². The minimum Gasteiger partial charge on any atom is -0.354 e. The minimum atomic E-state index is -0.566. The third kappa shape index (κ3) is 4.78. The molecule has 198 valence electrons. The Balaban J connectivity index is 0.961. The Hall–Kier alpha value is -3.72. The molecule has 0 aliphatic carbocycles. The number of nitrogens with zero attached hydrogens (tertiary/aromatic N) is 4. The molecule has 38 heavy (non-hydrogen) atoms. The number of anilines is 1. The molecule has 9 heteroatoms. The molecule has 4 heterocycles. The van der Waals surface area contributed by atoms with E-state index in [0.29, 0.717) is 18.5 Å². The summed E-state index contributed by atoms with van der Waals surface area (Å²) in [5.41, 5.74) is 3.77. The van der Waals surface area contributed by atoms with Gasteiger partial charge in [-0.25, -0.2) is 0 Å². The van der Waals surface area contributed by atoms with Gasteiger partial charge in [-0.1, -0.05) is 35.8 Å². The van der Waals surface area contributed by atoms with Gasteiger partial charge in [-0.15, -0.1) is 0 Å². The van der Waals surface area contributed by atoms with Crippen molar-refractivity contribution in [2.45, 2.75) is 51.1 Å². The van der Waals surface area contributed by atoms with E-state index in [2.05, 4.69) is 32.4 Å². The van der Waals surface area contributed by atoms with E-state index in [-0.39, 0.29) is 24.1 Å². The first-order valence-electron chi connectivity index (χ1n) is 13.7. The molecule has 1 unspecified atom stereocenters. The van der Waals surface area contributed by atoms with Crippen molar-refractivity contribution < 1.29 is 18.9 Å². The first-order valence-corrected chi connectivity index (χ1v) is 13.7. The van der Waals surface area contributed by atoms with Gasteiger partial charge in [0.15, 0.2) is 11.4 Å². The highest BCUT2D eigenvalue weighted by atomic mass is 16.5. The van der Waals surface area contributed by atoms with Gasteiger partial charge in [0.25, 0.3) is 5.91 Å². The number of imide groups is 1. The lowest BCUT2D eigenvalue weighted by Gasteiger charge is -2.34. The van der Waals surface area contributed by atoms with Gasteiger partial charge in [-0.3, -0.25) is 24.6 Å². The second-order valence-electron chi connectivity index (χ2n) is 10.5. The Labute approximate surface area is 221 Å². The van der Waals surface area contributed by atoms with Crippen molar-refractivity contribution in [3.05, 3.63) is 59.2 Å². The quantitative estimate of drug-likeness (QED) is 0.364. The number of nitrogens with one attached hydrogen (secondary N) is 1. The van der Waals surface area contributed by atoms with E-state index in [1.165, 1.54) is 5.56 Å². The van der Waals surface area contributed by atoms with Crippen LogP contribution in [0, 0.1) is 0 Å². The fourth-order valence-electron chi connectivity index (χ4n) is 6.00. The molecule has 3 aliphatic rings. The number of carbonyl (C=O) groups is 3. The zero-order valence-corrected chi connectivity index (χ0v) is 21.5. The topological polar surface area (TPSA) is 99.0 Å². The normalized spacial score (nSPS) is 20.3. The van der Waals surface area contributed by atoms with Gasteiger partial charge in [0.05, 0.1) is 5.39 Å². The van der Waals surface area contributed by atoms with Crippen molar-refractivity contribution in [3.63, 3.8) is 0 Å². The third-order valence-electron chi connectivity index (χ3n) is 8.13. The third-order valence-corrected chi connectivity index (χ3v) is 8.13. The average molecular weight is 516 g/mol. The molecule has 3 aromatic rings. The average Bonchev–Trinajstić information content (AvgIpc) is 3.51. The maximum atomic E-state index is 13.0. The smallest absolute Gasteiger partial charge is 0.255 e. The van der Waals surface area contributed by atoms with E-state index in [1.807, 2.05) is 30.3 Å². The second-order valence-corrected chi connectivity index (χ2v) is 10.5. The minimum absolute atomic E-state index is 0.103. The molecule has 1 atom stereocenters. The Morgan fingerprint density at radius 1 is 0.947 bits per heavy atom. The summed E-state index contributed by atoms with van der Waals surface area (Å²) in [7, 11) is 0. The SMILES string of the molecule is O=C1CCC(N2Cc3c(CCCCCN4CCN(c5noc6ccccc56)CC4)cccc3C2=O)C(=O)N1. The van der Waals surface area contributed by atoms with Crippen molar-refractivity contribution in [2.24, 2.45) is 0 Å². The highest BCUT2D eigenvalue weighted by molar-refractivity contribution is 6.05. The number of piperidine rings is 1. The van der Waals surface area contributed by atoms with Crippen molar-refractivity contribution in [2.75, 3.05) is 37.6 Å². The summed E-state index contributed by atoms with van der Waals surface area (Å²) in [6.45, 7) is 5.47. The van der Waals surface area contributed by atoms with Crippen molar-refractivity contribution >= 4 is 34.5 Å². The maximum Gasteiger partial charge on any atom is 0.255 e. The zero-order chi connectivity index (χ0) is 26.1. The molecule has 2 fully saturated rings. The standard InChI is InChI=1S/C29H33N5O4/c35-26-13-12-24(28(36)30-26)34-19-23-20(8-6-10-21(23)29(34)37)7-2-1-5-14-32-15-17-33(18-16-32)27-22-9-3-4-11-25(22)38-31-27/h3-4,6,8-11,24H,1-2,5,7,12-19H2,(H,30,35,36). The van der Waals surface area contributed by atoms with Crippen LogP contribution in [0.5, 0.6) is 0 Å². The number of rotatable bonds is 8. The van der Waals surface area contributed by atoms with E-state index < -0.39 is 6.04 Å². The van der Waals surface area contributed by atoms with Crippen LogP contribution in [0.25, 0.3) is 11.0 Å². The molecular weight excluding hydrogens is 482 g/mol. The van der Waals surface area contributed by atoms with Gasteiger partial charge in [0.1, 0.15) is 6.04 Å². The molecule has 1 aromatic heterocycles. The van der Waals surface area contributed by atoms with Crippen LogP contribution in [-0.2, 0) is 22.6 Å². The van der Waals surface area contributed by atoms with E-state index in [4.69, 9.17) is 4.52 Å². The van der Waals surface area contributed by atoms with Gasteiger partial charge in [-0.05, 0) is 61.6 Å². The first-order chi connectivity index (χ1) is 18.6. The number of hydrogen-bond donors (Lipinski definition) is 1. The maximum absolute atomic E-state index is 13.0. The van der Waals surface area contributed by atoms with Crippen LogP contribution in [-0.4, -0.2) is 71.4 Å². The van der Waals surface area contributed by atoms with Gasteiger partial charge in [0, 0.05) is 44.7 Å². The Morgan fingerprint density at radius 3 is 2.63 bits per heavy atom. The Morgan fingerprint density at radius 2 is 1.79 bits per heavy atom. The van der Waals surface area contributed by atoms with Crippen LogP contribution < -0.4 is 10.2 Å². The highest BCUT2D eigenvalue weighted by Gasteiger charge is 2.39. The molecular formula is C29H33N5O4. The van der Waals surface area contributed by atoms with Crippen LogP contribution >= 0.6 is 0 Å². The molecule has 6 rings (SSSR count). The van der Waals surface area contributed by atoms with Gasteiger partial charge >= 0.3 is 0 Å². The number of piperazine rings is 1. The fourth-order valence-corrected chi connectivity index (χ4v) is 6.00. The van der Waals surface area contributed by atoms with Gasteiger partial charge in [-0.2, -0.15) is 0 Å². The largest absolute Gasteiger partial charge is 0.354 e. The van der Waals surface area contributed by atoms with E-state index in [0.717, 1.165) is 80.8 Å². The second kappa shape index (κ2) is 10.6. The fraction of sp³-hybridized carbons (Fsp3) is 0.448. The van der Waals surface area contributed by atoms with Crippen molar-refractivity contribution in [3.8, 4) is 0 Å². The first kappa shape index (κ1) is 24.6. The summed E-state index contributed by atoms with van der Waals surface area (Å²) >= 11 is 0. The molecule has 0 bridgehead atoms. The molecule has 9 nitrogen and oxygen atoms in total.